The summed E-state index contributed by atoms with van der Waals surface area (Å²) in [6.07, 6.45) is 0. The topological polar surface area (TPSA) is 53.5 Å². The molecule has 0 amide bonds. The van der Waals surface area contributed by atoms with Crippen molar-refractivity contribution in [2.24, 2.45) is 0 Å². The smallest absolute Gasteiger partial charge is 0.243 e. The third-order valence-corrected chi connectivity index (χ3v) is 7.17. The molecule has 1 aliphatic heterocycles. The normalized spacial score (nSPS) is 16.0. The Hall–Kier alpha value is -2.44. The molecular weight excluding hydrogens is 358 g/mol. The number of sulfonamides is 1. The first-order chi connectivity index (χ1) is 13.0. The van der Waals surface area contributed by atoms with Gasteiger partial charge in [-0.05, 0) is 37.6 Å². The van der Waals surface area contributed by atoms with Gasteiger partial charge < -0.3 is 4.90 Å². The van der Waals surface area contributed by atoms with Gasteiger partial charge in [-0.2, -0.15) is 4.31 Å². The highest BCUT2D eigenvalue weighted by atomic mass is 32.2. The molecule has 2 aromatic carbocycles. The first-order valence-electron chi connectivity index (χ1n) is 9.14. The van der Waals surface area contributed by atoms with Gasteiger partial charge in [0.25, 0.3) is 0 Å². The Morgan fingerprint density at radius 1 is 0.889 bits per heavy atom. The number of nitrogens with zero attached hydrogens (tertiary/aromatic N) is 3. The Morgan fingerprint density at radius 3 is 2.30 bits per heavy atom. The molecule has 0 N–H and O–H groups in total. The van der Waals surface area contributed by atoms with Gasteiger partial charge >= 0.3 is 0 Å². The predicted molar refractivity (Wildman–Crippen MR) is 109 cm³/mol. The molecule has 0 atom stereocenters. The molecule has 0 spiro atoms. The molecule has 0 bridgehead atoms. The maximum Gasteiger partial charge on any atom is 0.243 e. The van der Waals surface area contributed by atoms with Crippen LogP contribution in [0.5, 0.6) is 0 Å². The summed E-state index contributed by atoms with van der Waals surface area (Å²) in [4.78, 5) is 7.27. The molecule has 0 aliphatic carbocycles. The van der Waals surface area contributed by atoms with E-state index in [1.54, 1.807) is 16.4 Å². The lowest BCUT2D eigenvalue weighted by molar-refractivity contribution is 0.385. The van der Waals surface area contributed by atoms with Gasteiger partial charge in [-0.25, -0.2) is 8.42 Å². The molecule has 2 heterocycles. The van der Waals surface area contributed by atoms with Crippen LogP contribution in [0, 0.1) is 13.8 Å². The van der Waals surface area contributed by atoms with Crippen molar-refractivity contribution in [1.29, 1.82) is 0 Å². The third-order valence-electron chi connectivity index (χ3n) is 5.11. The fourth-order valence-corrected chi connectivity index (χ4v) is 5.35. The van der Waals surface area contributed by atoms with Gasteiger partial charge in [0, 0.05) is 42.9 Å². The minimum atomic E-state index is -3.45. The Morgan fingerprint density at radius 2 is 1.56 bits per heavy atom. The molecule has 5 nitrogen and oxygen atoms in total. The average Bonchev–Trinajstić information content (AvgIpc) is 2.67. The zero-order valence-corrected chi connectivity index (χ0v) is 16.4. The van der Waals surface area contributed by atoms with E-state index in [0.29, 0.717) is 31.1 Å². The molecule has 0 saturated carbocycles. The Labute approximate surface area is 160 Å². The van der Waals surface area contributed by atoms with Crippen LogP contribution in [-0.2, 0) is 10.0 Å². The number of piperazine rings is 1. The molecule has 1 fully saturated rings. The maximum absolute atomic E-state index is 13.0. The van der Waals surface area contributed by atoms with Crippen molar-refractivity contribution in [2.75, 3.05) is 31.1 Å². The van der Waals surface area contributed by atoms with Gasteiger partial charge in [0.1, 0.15) is 0 Å². The highest BCUT2D eigenvalue weighted by Gasteiger charge is 2.30. The quantitative estimate of drug-likeness (QED) is 0.698. The summed E-state index contributed by atoms with van der Waals surface area (Å²) in [5, 5.41) is 1.11. The van der Waals surface area contributed by atoms with E-state index in [4.69, 9.17) is 0 Å². The van der Waals surface area contributed by atoms with E-state index >= 15 is 0 Å². The summed E-state index contributed by atoms with van der Waals surface area (Å²) in [5.74, 6) is 0. The van der Waals surface area contributed by atoms with E-state index in [1.165, 1.54) is 0 Å². The van der Waals surface area contributed by atoms with Gasteiger partial charge in [0.2, 0.25) is 10.0 Å². The van der Waals surface area contributed by atoms with E-state index < -0.39 is 10.0 Å². The van der Waals surface area contributed by atoms with Crippen LogP contribution < -0.4 is 4.90 Å². The number of hydrogen-bond acceptors (Lipinski definition) is 4. The van der Waals surface area contributed by atoms with Crippen molar-refractivity contribution in [1.82, 2.24) is 9.29 Å². The molecule has 6 heteroatoms. The number of hydrogen-bond donors (Lipinski definition) is 0. The van der Waals surface area contributed by atoms with E-state index in [9.17, 15) is 8.42 Å². The fraction of sp³-hybridized carbons (Fsp3) is 0.286. The molecule has 1 aliphatic rings. The number of pyridine rings is 1. The van der Waals surface area contributed by atoms with Gasteiger partial charge in [0.15, 0.2) is 0 Å². The van der Waals surface area contributed by atoms with Gasteiger partial charge in [0.05, 0.1) is 10.4 Å². The number of aryl methyl sites for hydroxylation is 2. The van der Waals surface area contributed by atoms with Crippen LogP contribution in [0.15, 0.2) is 59.5 Å². The minimum Gasteiger partial charge on any atom is -0.368 e. The molecule has 0 radical (unpaired) electrons. The summed E-state index contributed by atoms with van der Waals surface area (Å²) in [7, 11) is -3.45. The largest absolute Gasteiger partial charge is 0.368 e. The molecule has 27 heavy (non-hydrogen) atoms. The summed E-state index contributed by atoms with van der Waals surface area (Å²) < 4.78 is 27.6. The summed E-state index contributed by atoms with van der Waals surface area (Å²) in [6, 6.07) is 17.4. The lowest BCUT2D eigenvalue weighted by Crippen LogP contribution is -2.48. The summed E-state index contributed by atoms with van der Waals surface area (Å²) in [6.45, 7) is 6.12. The molecule has 4 rings (SSSR count). The van der Waals surface area contributed by atoms with Gasteiger partial charge in [-0.3, -0.25) is 4.98 Å². The Bertz CT molecular complexity index is 1090. The number of anilines is 1. The van der Waals surface area contributed by atoms with Crippen molar-refractivity contribution in [2.45, 2.75) is 18.7 Å². The van der Waals surface area contributed by atoms with Crippen molar-refractivity contribution < 1.29 is 8.42 Å². The van der Waals surface area contributed by atoms with Crippen LogP contribution >= 0.6 is 0 Å². The van der Waals surface area contributed by atoms with Gasteiger partial charge in [-0.15, -0.1) is 0 Å². The second kappa shape index (κ2) is 6.94. The van der Waals surface area contributed by atoms with E-state index in [1.807, 2.05) is 44.2 Å². The Balaban J connectivity index is 1.59. The Kier molecular flexibility index (Phi) is 4.61. The fourth-order valence-electron chi connectivity index (χ4n) is 3.70. The SMILES string of the molecule is Cc1cc(N2CCN(S(=O)(=O)c3ccccc3C)CC2)c2ccccc2n1. The highest BCUT2D eigenvalue weighted by Crippen LogP contribution is 2.29. The third kappa shape index (κ3) is 3.31. The lowest BCUT2D eigenvalue weighted by atomic mass is 10.1. The first kappa shape index (κ1) is 17.9. The lowest BCUT2D eigenvalue weighted by Gasteiger charge is -2.36. The molecule has 140 valence electrons. The van der Waals surface area contributed by atoms with Crippen LogP contribution in [0.3, 0.4) is 0 Å². The maximum atomic E-state index is 13.0. The van der Waals surface area contributed by atoms with Crippen LogP contribution in [0.2, 0.25) is 0 Å². The van der Waals surface area contributed by atoms with Gasteiger partial charge in [-0.1, -0.05) is 36.4 Å². The number of benzene rings is 2. The standard InChI is InChI=1S/C21H23N3O2S/c1-16-7-3-6-10-21(16)27(25,26)24-13-11-23(12-14-24)20-15-17(2)22-19-9-5-4-8-18(19)20/h3-10,15H,11-14H2,1-2H3. The monoisotopic (exact) mass is 381 g/mol. The second-order valence-electron chi connectivity index (χ2n) is 6.96. The zero-order chi connectivity index (χ0) is 19.0. The minimum absolute atomic E-state index is 0.406. The molecule has 1 saturated heterocycles. The second-order valence-corrected chi connectivity index (χ2v) is 8.86. The van der Waals surface area contributed by atoms with E-state index in [2.05, 4.69) is 22.0 Å². The first-order valence-corrected chi connectivity index (χ1v) is 10.6. The van der Waals surface area contributed by atoms with Crippen LogP contribution in [0.1, 0.15) is 11.3 Å². The molecule has 1 aromatic heterocycles. The summed E-state index contributed by atoms with van der Waals surface area (Å²) >= 11 is 0. The van der Waals surface area contributed by atoms with Crippen molar-refractivity contribution in [3.05, 3.63) is 65.9 Å². The van der Waals surface area contributed by atoms with E-state index in [-0.39, 0.29) is 0 Å². The predicted octanol–water partition coefficient (Wildman–Crippen LogP) is 3.36. The van der Waals surface area contributed by atoms with Crippen molar-refractivity contribution in [3.63, 3.8) is 0 Å². The van der Waals surface area contributed by atoms with Crippen LogP contribution in [-0.4, -0.2) is 43.9 Å². The molecule has 3 aromatic rings. The zero-order valence-electron chi connectivity index (χ0n) is 15.6. The highest BCUT2D eigenvalue weighted by molar-refractivity contribution is 7.89. The average molecular weight is 382 g/mol. The number of aromatic nitrogens is 1. The van der Waals surface area contributed by atoms with Crippen molar-refractivity contribution in [3.8, 4) is 0 Å². The van der Waals surface area contributed by atoms with E-state index in [0.717, 1.165) is 27.8 Å². The van der Waals surface area contributed by atoms with Crippen LogP contribution in [0.4, 0.5) is 5.69 Å². The number of fused-ring (bicyclic) bond motifs is 1. The number of para-hydroxylation sites is 1. The summed E-state index contributed by atoms with van der Waals surface area (Å²) in [5.41, 5.74) is 3.86. The molecule has 0 unspecified atom stereocenters. The van der Waals surface area contributed by atoms with Crippen LogP contribution in [0.25, 0.3) is 10.9 Å². The number of rotatable bonds is 3. The molecular formula is C21H23N3O2S. The van der Waals surface area contributed by atoms with Crippen molar-refractivity contribution >= 4 is 26.6 Å².